The Morgan fingerprint density at radius 2 is 1.75 bits per heavy atom. The second-order valence-corrected chi connectivity index (χ2v) is 7.08. The van der Waals surface area contributed by atoms with Crippen LogP contribution in [0.15, 0.2) is 53.4 Å². The highest BCUT2D eigenvalue weighted by atomic mass is 32.2. The minimum Gasteiger partial charge on any atom is -0.491 e. The summed E-state index contributed by atoms with van der Waals surface area (Å²) < 4.78 is 50.8. The van der Waals surface area contributed by atoms with E-state index in [0.717, 1.165) is 0 Å². The fourth-order valence-corrected chi connectivity index (χ4v) is 2.96. The molecule has 0 aliphatic heterocycles. The first-order valence-electron chi connectivity index (χ1n) is 7.52. The predicted molar refractivity (Wildman–Crippen MR) is 89.3 cm³/mol. The fourth-order valence-electron chi connectivity index (χ4n) is 1.95. The van der Waals surface area contributed by atoms with Gasteiger partial charge in [-0.15, -0.1) is 0 Å². The van der Waals surface area contributed by atoms with Crippen LogP contribution < -0.4 is 14.2 Å². The van der Waals surface area contributed by atoms with E-state index in [0.29, 0.717) is 5.75 Å². The summed E-state index contributed by atoms with van der Waals surface area (Å²) in [6.45, 7) is 3.83. The highest BCUT2D eigenvalue weighted by Gasteiger charge is 2.13. The molecule has 0 atom stereocenters. The maximum atomic E-state index is 13.4. The van der Waals surface area contributed by atoms with Gasteiger partial charge in [0, 0.05) is 6.54 Å². The van der Waals surface area contributed by atoms with Crippen molar-refractivity contribution in [1.82, 2.24) is 4.72 Å². The zero-order valence-corrected chi connectivity index (χ0v) is 14.3. The van der Waals surface area contributed by atoms with Gasteiger partial charge in [0.25, 0.3) is 0 Å². The molecule has 0 fully saturated rings. The normalized spacial score (nSPS) is 11.5. The highest BCUT2D eigenvalue weighted by molar-refractivity contribution is 7.89. The third kappa shape index (κ3) is 5.21. The number of para-hydroxylation sites is 1. The van der Waals surface area contributed by atoms with E-state index >= 15 is 0 Å². The van der Waals surface area contributed by atoms with Gasteiger partial charge in [0.05, 0.1) is 11.0 Å². The molecule has 1 N–H and O–H groups in total. The monoisotopic (exact) mass is 353 g/mol. The zero-order chi connectivity index (χ0) is 17.6. The second-order valence-electron chi connectivity index (χ2n) is 5.31. The van der Waals surface area contributed by atoms with Gasteiger partial charge in [-0.25, -0.2) is 17.5 Å². The SMILES string of the molecule is CC(C)Oc1ccc(S(=O)(=O)NCCOc2ccccc2F)cc1. The van der Waals surface area contributed by atoms with E-state index in [1.807, 2.05) is 13.8 Å². The van der Waals surface area contributed by atoms with Gasteiger partial charge in [0.1, 0.15) is 12.4 Å². The summed E-state index contributed by atoms with van der Waals surface area (Å²) in [4.78, 5) is 0.129. The fraction of sp³-hybridized carbons (Fsp3) is 0.294. The van der Waals surface area contributed by atoms with Crippen molar-refractivity contribution in [3.8, 4) is 11.5 Å². The molecule has 0 aliphatic carbocycles. The van der Waals surface area contributed by atoms with Gasteiger partial charge in [0.2, 0.25) is 10.0 Å². The molecule has 130 valence electrons. The van der Waals surface area contributed by atoms with Gasteiger partial charge in [-0.2, -0.15) is 0 Å². The molecule has 0 unspecified atom stereocenters. The maximum absolute atomic E-state index is 13.4. The van der Waals surface area contributed by atoms with E-state index in [9.17, 15) is 12.8 Å². The summed E-state index contributed by atoms with van der Waals surface area (Å²) >= 11 is 0. The van der Waals surface area contributed by atoms with Crippen LogP contribution >= 0.6 is 0 Å². The van der Waals surface area contributed by atoms with Gasteiger partial charge in [0.15, 0.2) is 11.6 Å². The van der Waals surface area contributed by atoms with E-state index < -0.39 is 15.8 Å². The van der Waals surface area contributed by atoms with Crippen molar-refractivity contribution in [2.75, 3.05) is 13.2 Å². The van der Waals surface area contributed by atoms with Crippen LogP contribution in [0.5, 0.6) is 11.5 Å². The van der Waals surface area contributed by atoms with Crippen LogP contribution in [0.3, 0.4) is 0 Å². The molecule has 0 aromatic heterocycles. The van der Waals surface area contributed by atoms with Crippen molar-refractivity contribution in [3.63, 3.8) is 0 Å². The summed E-state index contributed by atoms with van der Waals surface area (Å²) in [5, 5.41) is 0. The van der Waals surface area contributed by atoms with Crippen molar-refractivity contribution in [1.29, 1.82) is 0 Å². The molecule has 2 aromatic rings. The van der Waals surface area contributed by atoms with Crippen LogP contribution in [0, 0.1) is 5.82 Å². The third-order valence-electron chi connectivity index (χ3n) is 2.99. The van der Waals surface area contributed by atoms with Crippen molar-refractivity contribution >= 4 is 10.0 Å². The van der Waals surface area contributed by atoms with Crippen molar-refractivity contribution < 1.29 is 22.3 Å². The Bertz CT molecular complexity index is 760. The third-order valence-corrected chi connectivity index (χ3v) is 4.47. The Morgan fingerprint density at radius 1 is 1.08 bits per heavy atom. The number of benzene rings is 2. The smallest absolute Gasteiger partial charge is 0.240 e. The number of sulfonamides is 1. The lowest BCUT2D eigenvalue weighted by Crippen LogP contribution is -2.28. The first-order chi connectivity index (χ1) is 11.4. The van der Waals surface area contributed by atoms with Crippen LogP contribution in [0.4, 0.5) is 4.39 Å². The molecule has 0 saturated carbocycles. The first kappa shape index (κ1) is 18.2. The quantitative estimate of drug-likeness (QED) is 0.741. The Balaban J connectivity index is 1.88. The molecule has 0 bridgehead atoms. The molecule has 24 heavy (non-hydrogen) atoms. The molecule has 2 aromatic carbocycles. The molecular formula is C17H20FNO4S. The van der Waals surface area contributed by atoms with Gasteiger partial charge in [-0.05, 0) is 50.2 Å². The van der Waals surface area contributed by atoms with Crippen LogP contribution in [0.1, 0.15) is 13.8 Å². The lowest BCUT2D eigenvalue weighted by atomic mass is 10.3. The van der Waals surface area contributed by atoms with Crippen LogP contribution in [-0.2, 0) is 10.0 Å². The number of ether oxygens (including phenoxy) is 2. The number of halogens is 1. The van der Waals surface area contributed by atoms with E-state index in [1.165, 1.54) is 24.3 Å². The molecule has 0 amide bonds. The number of hydrogen-bond donors (Lipinski definition) is 1. The van der Waals surface area contributed by atoms with E-state index in [4.69, 9.17) is 9.47 Å². The largest absolute Gasteiger partial charge is 0.491 e. The first-order valence-corrected chi connectivity index (χ1v) is 9.00. The maximum Gasteiger partial charge on any atom is 0.240 e. The predicted octanol–water partition coefficient (Wildman–Crippen LogP) is 2.97. The number of nitrogens with one attached hydrogen (secondary N) is 1. The molecule has 0 heterocycles. The summed E-state index contributed by atoms with van der Waals surface area (Å²) in [7, 11) is -3.65. The Hall–Kier alpha value is -2.12. The van der Waals surface area contributed by atoms with Crippen LogP contribution in [0.2, 0.25) is 0 Å². The topological polar surface area (TPSA) is 64.6 Å². The highest BCUT2D eigenvalue weighted by Crippen LogP contribution is 2.17. The van der Waals surface area contributed by atoms with E-state index in [2.05, 4.69) is 4.72 Å². The molecule has 0 saturated heterocycles. The van der Waals surface area contributed by atoms with Gasteiger partial charge >= 0.3 is 0 Å². The van der Waals surface area contributed by atoms with Gasteiger partial charge in [-0.3, -0.25) is 0 Å². The summed E-state index contributed by atoms with van der Waals surface area (Å²) in [5.41, 5.74) is 0. The Morgan fingerprint density at radius 3 is 2.38 bits per heavy atom. The lowest BCUT2D eigenvalue weighted by Gasteiger charge is -2.11. The van der Waals surface area contributed by atoms with Crippen molar-refractivity contribution in [2.24, 2.45) is 0 Å². The molecular weight excluding hydrogens is 333 g/mol. The standard InChI is InChI=1S/C17H20FNO4S/c1-13(2)23-14-7-9-15(10-8-14)24(20,21)19-11-12-22-17-6-4-3-5-16(17)18/h3-10,13,19H,11-12H2,1-2H3. The van der Waals surface area contributed by atoms with Crippen LogP contribution in [-0.4, -0.2) is 27.7 Å². The molecule has 2 rings (SSSR count). The van der Waals surface area contributed by atoms with E-state index in [-0.39, 0.29) is 29.9 Å². The zero-order valence-electron chi connectivity index (χ0n) is 13.5. The van der Waals surface area contributed by atoms with Crippen LogP contribution in [0.25, 0.3) is 0 Å². The lowest BCUT2D eigenvalue weighted by molar-refractivity contribution is 0.242. The molecule has 7 heteroatoms. The summed E-state index contributed by atoms with van der Waals surface area (Å²) in [6, 6.07) is 12.1. The average molecular weight is 353 g/mol. The van der Waals surface area contributed by atoms with Gasteiger partial charge in [-0.1, -0.05) is 12.1 Å². The summed E-state index contributed by atoms with van der Waals surface area (Å²) in [5.74, 6) is 0.208. The van der Waals surface area contributed by atoms with Gasteiger partial charge < -0.3 is 9.47 Å². The Kier molecular flexibility index (Phi) is 6.16. The molecule has 0 aliphatic rings. The minimum atomic E-state index is -3.65. The minimum absolute atomic E-state index is 0.0149. The summed E-state index contributed by atoms with van der Waals surface area (Å²) in [6.07, 6.45) is 0.0149. The number of hydrogen-bond acceptors (Lipinski definition) is 4. The molecule has 5 nitrogen and oxygen atoms in total. The Labute approximate surface area is 141 Å². The van der Waals surface area contributed by atoms with Crippen molar-refractivity contribution in [2.45, 2.75) is 24.8 Å². The van der Waals surface area contributed by atoms with E-state index in [1.54, 1.807) is 24.3 Å². The molecule has 0 spiro atoms. The van der Waals surface area contributed by atoms with Crippen molar-refractivity contribution in [3.05, 3.63) is 54.3 Å². The average Bonchev–Trinajstić information content (AvgIpc) is 2.53. The molecule has 0 radical (unpaired) electrons. The second kappa shape index (κ2) is 8.12. The number of rotatable bonds is 8.